The molecule has 14 heavy (non-hydrogen) atoms. The van der Waals surface area contributed by atoms with Crippen molar-refractivity contribution in [3.05, 3.63) is 0 Å². The van der Waals surface area contributed by atoms with Crippen LogP contribution in [-0.4, -0.2) is 30.4 Å². The molecule has 0 aromatic rings. The molecule has 0 aromatic carbocycles. The third-order valence-electron chi connectivity index (χ3n) is 2.67. The van der Waals surface area contributed by atoms with Crippen molar-refractivity contribution in [1.29, 1.82) is 5.26 Å². The van der Waals surface area contributed by atoms with Gasteiger partial charge in [-0.25, -0.2) is 0 Å². The summed E-state index contributed by atoms with van der Waals surface area (Å²) in [5.74, 6) is -0.166. The number of amides is 1. The maximum absolute atomic E-state index is 11.0. The first kappa shape index (κ1) is 11.0. The molecule has 4 heteroatoms. The summed E-state index contributed by atoms with van der Waals surface area (Å²) in [4.78, 5) is 13.2. The minimum Gasteiger partial charge on any atom is -0.369 e. The Kier molecular flexibility index (Phi) is 4.41. The van der Waals surface area contributed by atoms with E-state index in [-0.39, 0.29) is 11.8 Å². The summed E-state index contributed by atoms with van der Waals surface area (Å²) < 4.78 is 0. The molecule has 0 radical (unpaired) electrons. The summed E-state index contributed by atoms with van der Waals surface area (Å²) in [6.07, 6.45) is 3.45. The molecule has 0 bridgehead atoms. The van der Waals surface area contributed by atoms with Gasteiger partial charge in [-0.2, -0.15) is 5.26 Å². The lowest BCUT2D eigenvalue weighted by Crippen LogP contribution is -2.41. The molecule has 78 valence electrons. The molecule has 0 spiro atoms. The number of nitriles is 1. The summed E-state index contributed by atoms with van der Waals surface area (Å²) in [6.45, 7) is 2.73. The van der Waals surface area contributed by atoms with Crippen molar-refractivity contribution in [1.82, 2.24) is 4.90 Å². The Morgan fingerprint density at radius 2 is 2.43 bits per heavy atom. The molecule has 0 saturated carbocycles. The zero-order chi connectivity index (χ0) is 10.4. The van der Waals surface area contributed by atoms with E-state index in [2.05, 4.69) is 11.0 Å². The van der Waals surface area contributed by atoms with Crippen LogP contribution in [0.25, 0.3) is 0 Å². The first-order valence-electron chi connectivity index (χ1n) is 5.12. The molecule has 1 aliphatic rings. The average molecular weight is 195 g/mol. The van der Waals surface area contributed by atoms with Gasteiger partial charge >= 0.3 is 0 Å². The molecular weight excluding hydrogens is 178 g/mol. The van der Waals surface area contributed by atoms with Gasteiger partial charge in [-0.15, -0.1) is 0 Å². The zero-order valence-electron chi connectivity index (χ0n) is 8.41. The lowest BCUT2D eigenvalue weighted by Gasteiger charge is -2.30. The normalized spacial score (nSPS) is 22.9. The molecule has 1 fully saturated rings. The minimum absolute atomic E-state index is 0.0193. The highest BCUT2D eigenvalue weighted by Crippen LogP contribution is 2.16. The van der Waals surface area contributed by atoms with Gasteiger partial charge in [-0.1, -0.05) is 0 Å². The van der Waals surface area contributed by atoms with Crippen molar-refractivity contribution in [3.8, 4) is 6.07 Å². The summed E-state index contributed by atoms with van der Waals surface area (Å²) >= 11 is 0. The monoisotopic (exact) mass is 195 g/mol. The molecule has 2 N–H and O–H groups in total. The van der Waals surface area contributed by atoms with Crippen molar-refractivity contribution >= 4 is 5.91 Å². The molecule has 1 heterocycles. The molecule has 0 aliphatic carbocycles. The van der Waals surface area contributed by atoms with Gasteiger partial charge in [0.1, 0.15) is 0 Å². The number of carbonyl (C=O) groups excluding carboxylic acids is 1. The molecule has 1 saturated heterocycles. The number of nitrogens with two attached hydrogens (primary N) is 1. The highest BCUT2D eigenvalue weighted by Gasteiger charge is 2.23. The number of carbonyl (C=O) groups is 1. The lowest BCUT2D eigenvalue weighted by atomic mass is 9.97. The number of unbranched alkanes of at least 4 members (excludes halogenated alkanes) is 1. The lowest BCUT2D eigenvalue weighted by molar-refractivity contribution is -0.123. The maximum atomic E-state index is 11.0. The number of hydrogen-bond donors (Lipinski definition) is 1. The van der Waals surface area contributed by atoms with Crippen molar-refractivity contribution < 1.29 is 4.79 Å². The Morgan fingerprint density at radius 1 is 1.64 bits per heavy atom. The van der Waals surface area contributed by atoms with Crippen LogP contribution in [0.4, 0.5) is 0 Å². The second-order valence-corrected chi connectivity index (χ2v) is 3.80. The van der Waals surface area contributed by atoms with Crippen molar-refractivity contribution in [2.45, 2.75) is 25.7 Å². The highest BCUT2D eigenvalue weighted by molar-refractivity contribution is 5.76. The van der Waals surface area contributed by atoms with Crippen LogP contribution in [0.2, 0.25) is 0 Å². The minimum atomic E-state index is -0.185. The van der Waals surface area contributed by atoms with Crippen LogP contribution in [0.3, 0.4) is 0 Å². The zero-order valence-corrected chi connectivity index (χ0v) is 8.41. The number of primary amides is 1. The van der Waals surface area contributed by atoms with Gasteiger partial charge in [0.2, 0.25) is 5.91 Å². The third-order valence-corrected chi connectivity index (χ3v) is 2.67. The van der Waals surface area contributed by atoms with E-state index in [1.165, 1.54) is 0 Å². The number of rotatable bonds is 4. The average Bonchev–Trinajstić information content (AvgIpc) is 2.19. The Balaban J connectivity index is 2.26. The van der Waals surface area contributed by atoms with E-state index in [4.69, 9.17) is 11.0 Å². The standard InChI is InChI=1S/C10H17N3O/c11-5-1-2-6-13-7-3-4-9(8-13)10(12)14/h9H,1-4,6-8H2,(H2,12,14). The van der Waals surface area contributed by atoms with Crippen LogP contribution in [0.15, 0.2) is 0 Å². The van der Waals surface area contributed by atoms with Crippen LogP contribution in [0, 0.1) is 17.2 Å². The number of piperidine rings is 1. The van der Waals surface area contributed by atoms with Crippen molar-refractivity contribution in [2.24, 2.45) is 11.7 Å². The van der Waals surface area contributed by atoms with Crippen LogP contribution in [0.5, 0.6) is 0 Å². The van der Waals surface area contributed by atoms with E-state index < -0.39 is 0 Å². The molecule has 1 unspecified atom stereocenters. The fourth-order valence-corrected chi connectivity index (χ4v) is 1.87. The predicted molar refractivity (Wildman–Crippen MR) is 53.2 cm³/mol. The Hall–Kier alpha value is -1.08. The topological polar surface area (TPSA) is 70.1 Å². The van der Waals surface area contributed by atoms with E-state index in [1.54, 1.807) is 0 Å². The second-order valence-electron chi connectivity index (χ2n) is 3.80. The molecule has 1 rings (SSSR count). The molecule has 0 aromatic heterocycles. The van der Waals surface area contributed by atoms with E-state index in [0.717, 1.165) is 38.9 Å². The van der Waals surface area contributed by atoms with Gasteiger partial charge in [0.15, 0.2) is 0 Å². The predicted octanol–water partition coefficient (Wildman–Crippen LogP) is 0.487. The fraction of sp³-hybridized carbons (Fsp3) is 0.800. The highest BCUT2D eigenvalue weighted by atomic mass is 16.1. The Labute approximate surface area is 84.7 Å². The Morgan fingerprint density at radius 3 is 3.07 bits per heavy atom. The largest absolute Gasteiger partial charge is 0.369 e. The smallest absolute Gasteiger partial charge is 0.221 e. The Bertz CT molecular complexity index is 234. The second kappa shape index (κ2) is 5.61. The van der Waals surface area contributed by atoms with Crippen LogP contribution in [0.1, 0.15) is 25.7 Å². The van der Waals surface area contributed by atoms with Crippen LogP contribution in [-0.2, 0) is 4.79 Å². The van der Waals surface area contributed by atoms with Crippen molar-refractivity contribution in [3.63, 3.8) is 0 Å². The molecule has 1 amide bonds. The number of hydrogen-bond acceptors (Lipinski definition) is 3. The van der Waals surface area contributed by atoms with Crippen LogP contribution < -0.4 is 5.73 Å². The molecular formula is C10H17N3O. The van der Waals surface area contributed by atoms with Crippen LogP contribution >= 0.6 is 0 Å². The van der Waals surface area contributed by atoms with Gasteiger partial charge in [0.25, 0.3) is 0 Å². The van der Waals surface area contributed by atoms with Gasteiger partial charge in [-0.05, 0) is 32.4 Å². The van der Waals surface area contributed by atoms with E-state index in [1.807, 2.05) is 0 Å². The van der Waals surface area contributed by atoms with Crippen molar-refractivity contribution in [2.75, 3.05) is 19.6 Å². The van der Waals surface area contributed by atoms with Gasteiger partial charge in [0, 0.05) is 13.0 Å². The first-order chi connectivity index (χ1) is 6.74. The molecule has 1 atom stereocenters. The number of likely N-dealkylation sites (tertiary alicyclic amines) is 1. The summed E-state index contributed by atoms with van der Waals surface area (Å²) in [6, 6.07) is 2.12. The van der Waals surface area contributed by atoms with Gasteiger partial charge in [0.05, 0.1) is 12.0 Å². The first-order valence-corrected chi connectivity index (χ1v) is 5.12. The molecule has 1 aliphatic heterocycles. The van der Waals surface area contributed by atoms with E-state index in [9.17, 15) is 4.79 Å². The van der Waals surface area contributed by atoms with E-state index in [0.29, 0.717) is 6.42 Å². The SMILES string of the molecule is N#CCCCN1CCCC(C(N)=O)C1. The van der Waals surface area contributed by atoms with E-state index >= 15 is 0 Å². The number of nitrogens with zero attached hydrogens (tertiary/aromatic N) is 2. The quantitative estimate of drug-likeness (QED) is 0.663. The fourth-order valence-electron chi connectivity index (χ4n) is 1.87. The summed E-state index contributed by atoms with van der Waals surface area (Å²) in [5.41, 5.74) is 5.27. The van der Waals surface area contributed by atoms with Gasteiger partial charge < -0.3 is 10.6 Å². The summed E-state index contributed by atoms with van der Waals surface area (Å²) in [5, 5.41) is 8.39. The summed E-state index contributed by atoms with van der Waals surface area (Å²) in [7, 11) is 0. The third kappa shape index (κ3) is 3.35. The molecule has 4 nitrogen and oxygen atoms in total. The maximum Gasteiger partial charge on any atom is 0.221 e. The van der Waals surface area contributed by atoms with Gasteiger partial charge in [-0.3, -0.25) is 4.79 Å².